The molecule has 0 aliphatic heterocycles. The summed E-state index contributed by atoms with van der Waals surface area (Å²) in [7, 11) is 0. The molecule has 0 aliphatic rings. The molecule has 5 nitrogen and oxygen atoms in total. The number of aromatic nitrogens is 1. The van der Waals surface area contributed by atoms with Gasteiger partial charge in [0.15, 0.2) is 0 Å². The van der Waals surface area contributed by atoms with Crippen LogP contribution in [-0.2, 0) is 11.2 Å². The van der Waals surface area contributed by atoms with Crippen LogP contribution < -0.4 is 15.8 Å². The minimum absolute atomic E-state index is 0.0643. The zero-order valence-corrected chi connectivity index (χ0v) is 12.9. The molecule has 2 rings (SSSR count). The van der Waals surface area contributed by atoms with Gasteiger partial charge in [0.2, 0.25) is 5.91 Å². The van der Waals surface area contributed by atoms with Gasteiger partial charge in [0, 0.05) is 12.6 Å². The van der Waals surface area contributed by atoms with Crippen LogP contribution >= 0.6 is 0 Å². The molecule has 1 amide bonds. The molecule has 1 aromatic carbocycles. The van der Waals surface area contributed by atoms with Gasteiger partial charge in [-0.25, -0.2) is 4.98 Å². The summed E-state index contributed by atoms with van der Waals surface area (Å²) in [4.78, 5) is 16.1. The first kappa shape index (κ1) is 15.8. The van der Waals surface area contributed by atoms with Gasteiger partial charge in [-0.3, -0.25) is 4.79 Å². The molecule has 3 N–H and O–H groups in total. The second kappa shape index (κ2) is 7.45. The molecular formula is C17H21N3O2. The Kier molecular flexibility index (Phi) is 5.36. The fourth-order valence-electron chi connectivity index (χ4n) is 2.11. The van der Waals surface area contributed by atoms with Crippen LogP contribution in [-0.4, -0.2) is 17.5 Å². The zero-order valence-electron chi connectivity index (χ0n) is 12.9. The number of nitrogen functional groups attached to an aromatic ring is 1. The number of rotatable bonds is 6. The van der Waals surface area contributed by atoms with E-state index in [1.807, 2.05) is 44.2 Å². The third-order valence-corrected chi connectivity index (χ3v) is 3.20. The average molecular weight is 299 g/mol. The summed E-state index contributed by atoms with van der Waals surface area (Å²) in [6.07, 6.45) is 2.68. The van der Waals surface area contributed by atoms with Gasteiger partial charge in [0.05, 0.1) is 12.3 Å². The van der Waals surface area contributed by atoms with E-state index < -0.39 is 0 Å². The fraction of sp³-hybridized carbons (Fsp3) is 0.294. The first-order chi connectivity index (χ1) is 10.6. The molecular weight excluding hydrogens is 278 g/mol. The molecule has 0 unspecified atom stereocenters. The molecule has 5 heteroatoms. The summed E-state index contributed by atoms with van der Waals surface area (Å²) in [6.45, 7) is 4.45. The van der Waals surface area contributed by atoms with E-state index in [4.69, 9.17) is 10.5 Å². The van der Waals surface area contributed by atoms with Gasteiger partial charge < -0.3 is 15.8 Å². The van der Waals surface area contributed by atoms with E-state index in [0.29, 0.717) is 36.7 Å². The van der Waals surface area contributed by atoms with Gasteiger partial charge in [-0.05, 0) is 55.7 Å². The Morgan fingerprint density at radius 3 is 2.82 bits per heavy atom. The maximum absolute atomic E-state index is 11.9. The maximum Gasteiger partial charge on any atom is 0.225 e. The van der Waals surface area contributed by atoms with Gasteiger partial charge in [-0.1, -0.05) is 6.07 Å². The standard InChI is InChI=1S/C17H21N3O2/c1-3-22-15-6-4-13(11-14(15)18)5-7-17(21)20-16-10-12(2)8-9-19-16/h4,6,8-11H,3,5,7,18H2,1-2H3,(H,19,20,21). The van der Waals surface area contributed by atoms with Crippen molar-refractivity contribution in [2.45, 2.75) is 26.7 Å². The van der Waals surface area contributed by atoms with Crippen LogP contribution in [0.25, 0.3) is 0 Å². The van der Waals surface area contributed by atoms with Gasteiger partial charge in [-0.15, -0.1) is 0 Å². The Balaban J connectivity index is 1.89. The van der Waals surface area contributed by atoms with Crippen molar-refractivity contribution in [3.05, 3.63) is 47.7 Å². The molecule has 0 atom stereocenters. The minimum Gasteiger partial charge on any atom is -0.492 e. The minimum atomic E-state index is -0.0643. The summed E-state index contributed by atoms with van der Waals surface area (Å²) in [6, 6.07) is 9.35. The molecule has 0 saturated heterocycles. The fourth-order valence-corrected chi connectivity index (χ4v) is 2.11. The number of carbonyl (C=O) groups is 1. The first-order valence-corrected chi connectivity index (χ1v) is 7.32. The van der Waals surface area contributed by atoms with Crippen molar-refractivity contribution >= 4 is 17.4 Å². The lowest BCUT2D eigenvalue weighted by Crippen LogP contribution is -2.13. The van der Waals surface area contributed by atoms with Crippen LogP contribution in [0.2, 0.25) is 0 Å². The molecule has 0 aliphatic carbocycles. The number of nitrogens with zero attached hydrogens (tertiary/aromatic N) is 1. The number of hydrogen-bond acceptors (Lipinski definition) is 4. The number of aryl methyl sites for hydroxylation is 2. The highest BCUT2D eigenvalue weighted by Crippen LogP contribution is 2.23. The summed E-state index contributed by atoms with van der Waals surface area (Å²) in [5.41, 5.74) is 8.58. The second-order valence-electron chi connectivity index (χ2n) is 5.07. The van der Waals surface area contributed by atoms with E-state index in [2.05, 4.69) is 10.3 Å². The molecule has 1 heterocycles. The highest BCUT2D eigenvalue weighted by Gasteiger charge is 2.06. The topological polar surface area (TPSA) is 77.2 Å². The number of nitrogens with one attached hydrogen (secondary N) is 1. The number of carbonyl (C=O) groups excluding carboxylic acids is 1. The van der Waals surface area contributed by atoms with Gasteiger partial charge in [-0.2, -0.15) is 0 Å². The Bertz CT molecular complexity index is 656. The van der Waals surface area contributed by atoms with E-state index in [9.17, 15) is 4.79 Å². The molecule has 116 valence electrons. The Labute approximate surface area is 130 Å². The number of amides is 1. The monoisotopic (exact) mass is 299 g/mol. The molecule has 0 spiro atoms. The lowest BCUT2D eigenvalue weighted by Gasteiger charge is -2.09. The van der Waals surface area contributed by atoms with E-state index in [-0.39, 0.29) is 5.91 Å². The van der Waals surface area contributed by atoms with Crippen molar-refractivity contribution in [2.24, 2.45) is 0 Å². The quantitative estimate of drug-likeness (QED) is 0.804. The average Bonchev–Trinajstić information content (AvgIpc) is 2.48. The molecule has 2 aromatic rings. The predicted molar refractivity (Wildman–Crippen MR) is 87.9 cm³/mol. The molecule has 0 bridgehead atoms. The third-order valence-electron chi connectivity index (χ3n) is 3.20. The predicted octanol–water partition coefficient (Wildman–Crippen LogP) is 2.94. The summed E-state index contributed by atoms with van der Waals surface area (Å²) >= 11 is 0. The van der Waals surface area contributed by atoms with Crippen molar-refractivity contribution < 1.29 is 9.53 Å². The number of nitrogens with two attached hydrogens (primary N) is 1. The van der Waals surface area contributed by atoms with Crippen LogP contribution in [0, 0.1) is 6.92 Å². The largest absolute Gasteiger partial charge is 0.492 e. The van der Waals surface area contributed by atoms with E-state index in [1.54, 1.807) is 6.20 Å². The normalized spacial score (nSPS) is 10.3. The van der Waals surface area contributed by atoms with Crippen molar-refractivity contribution in [3.63, 3.8) is 0 Å². The van der Waals surface area contributed by atoms with E-state index in [0.717, 1.165) is 11.1 Å². The van der Waals surface area contributed by atoms with Crippen molar-refractivity contribution in [1.82, 2.24) is 4.98 Å². The molecule has 0 radical (unpaired) electrons. The lowest BCUT2D eigenvalue weighted by atomic mass is 10.1. The molecule has 22 heavy (non-hydrogen) atoms. The SMILES string of the molecule is CCOc1ccc(CCC(=O)Nc2cc(C)ccn2)cc1N. The summed E-state index contributed by atoms with van der Waals surface area (Å²) in [5.74, 6) is 1.20. The number of anilines is 2. The van der Waals surface area contributed by atoms with Crippen LogP contribution in [0.3, 0.4) is 0 Å². The van der Waals surface area contributed by atoms with Gasteiger partial charge in [0.1, 0.15) is 11.6 Å². The number of benzene rings is 1. The summed E-state index contributed by atoms with van der Waals surface area (Å²) in [5, 5.41) is 2.79. The van der Waals surface area contributed by atoms with Crippen molar-refractivity contribution in [2.75, 3.05) is 17.7 Å². The Morgan fingerprint density at radius 2 is 2.14 bits per heavy atom. The highest BCUT2D eigenvalue weighted by atomic mass is 16.5. The molecule has 0 fully saturated rings. The van der Waals surface area contributed by atoms with Crippen LogP contribution in [0.15, 0.2) is 36.5 Å². The van der Waals surface area contributed by atoms with Crippen LogP contribution in [0.5, 0.6) is 5.75 Å². The molecule has 0 saturated carbocycles. The maximum atomic E-state index is 11.9. The van der Waals surface area contributed by atoms with Gasteiger partial charge >= 0.3 is 0 Å². The zero-order chi connectivity index (χ0) is 15.9. The smallest absolute Gasteiger partial charge is 0.225 e. The Morgan fingerprint density at radius 1 is 1.32 bits per heavy atom. The highest BCUT2D eigenvalue weighted by molar-refractivity contribution is 5.89. The van der Waals surface area contributed by atoms with Crippen LogP contribution in [0.4, 0.5) is 11.5 Å². The van der Waals surface area contributed by atoms with E-state index in [1.165, 1.54) is 0 Å². The number of pyridine rings is 1. The second-order valence-corrected chi connectivity index (χ2v) is 5.07. The molecule has 1 aromatic heterocycles. The summed E-state index contributed by atoms with van der Waals surface area (Å²) < 4.78 is 5.39. The number of ether oxygens (including phenoxy) is 1. The van der Waals surface area contributed by atoms with Crippen LogP contribution in [0.1, 0.15) is 24.5 Å². The lowest BCUT2D eigenvalue weighted by molar-refractivity contribution is -0.116. The van der Waals surface area contributed by atoms with Gasteiger partial charge in [0.25, 0.3) is 0 Å². The first-order valence-electron chi connectivity index (χ1n) is 7.32. The third kappa shape index (κ3) is 4.48. The van der Waals surface area contributed by atoms with Crippen molar-refractivity contribution in [3.8, 4) is 5.75 Å². The number of hydrogen-bond donors (Lipinski definition) is 2. The Hall–Kier alpha value is -2.56. The van der Waals surface area contributed by atoms with Crippen molar-refractivity contribution in [1.29, 1.82) is 0 Å². The van der Waals surface area contributed by atoms with E-state index >= 15 is 0 Å².